The van der Waals surface area contributed by atoms with Crippen molar-refractivity contribution in [3.8, 4) is 0 Å². The van der Waals surface area contributed by atoms with Crippen molar-refractivity contribution in [1.82, 2.24) is 10.6 Å². The fourth-order valence-corrected chi connectivity index (χ4v) is 10.5. The highest BCUT2D eigenvalue weighted by Crippen LogP contribution is 2.38. The molecule has 458 valence electrons. The Morgan fingerprint density at radius 1 is 0.615 bits per heavy atom. The number of amides is 2. The van der Waals surface area contributed by atoms with Crippen molar-refractivity contribution >= 4 is 17.8 Å². The lowest BCUT2D eigenvalue weighted by molar-refractivity contribution is -0.386. The zero-order valence-corrected chi connectivity index (χ0v) is 46.8. The summed E-state index contributed by atoms with van der Waals surface area (Å²) in [6.45, 7) is 2.14. The molecule has 18 atom stereocenters. The number of carboxylic acid groups (broad SMARTS) is 1. The van der Waals surface area contributed by atoms with E-state index in [1.54, 1.807) is 0 Å². The highest BCUT2D eigenvalue weighted by molar-refractivity contribution is 5.77. The van der Waals surface area contributed by atoms with E-state index in [1.807, 2.05) is 0 Å². The molecule has 3 rings (SSSR count). The minimum atomic E-state index is -3.07. The van der Waals surface area contributed by atoms with Crippen molar-refractivity contribution in [2.75, 3.05) is 26.4 Å². The van der Waals surface area contributed by atoms with Crippen LogP contribution in [0.3, 0.4) is 0 Å². The Labute approximate surface area is 461 Å². The van der Waals surface area contributed by atoms with Gasteiger partial charge in [-0.15, -0.1) is 0 Å². The molecule has 0 bridgehead atoms. The largest absolute Gasteiger partial charge is 0.477 e. The zero-order valence-electron chi connectivity index (χ0n) is 46.8. The Morgan fingerprint density at radius 2 is 1.12 bits per heavy atom. The van der Waals surface area contributed by atoms with Gasteiger partial charge in [-0.05, 0) is 12.8 Å². The molecule has 0 aromatic rings. The van der Waals surface area contributed by atoms with Crippen LogP contribution in [0.5, 0.6) is 0 Å². The fourth-order valence-electron chi connectivity index (χ4n) is 10.5. The number of unbranched alkanes of at least 4 members (excludes halogenated alkanes) is 22. The molecule has 0 aromatic heterocycles. The number of aliphatic hydroxyl groups excluding tert-OH is 11. The van der Waals surface area contributed by atoms with E-state index in [2.05, 4.69) is 24.5 Å². The molecule has 3 heterocycles. The van der Waals surface area contributed by atoms with E-state index in [0.29, 0.717) is 19.3 Å². The Hall–Kier alpha value is -2.27. The molecule has 2 amide bonds. The first kappa shape index (κ1) is 70.0. The Kier molecular flexibility index (Phi) is 34.5. The minimum absolute atomic E-state index is 0.227. The molecule has 0 radical (unpaired) electrons. The van der Waals surface area contributed by atoms with Gasteiger partial charge < -0.3 is 100 Å². The molecule has 3 fully saturated rings. The quantitative estimate of drug-likeness (QED) is 0.0388. The normalized spacial score (nSPS) is 31.1. The Balaban J connectivity index is 1.68. The molecule has 3 saturated heterocycles. The molecule has 0 spiro atoms. The number of ether oxygens (including phenoxy) is 6. The summed E-state index contributed by atoms with van der Waals surface area (Å²) in [5, 5.41) is 135. The van der Waals surface area contributed by atoms with Gasteiger partial charge in [0.25, 0.3) is 5.79 Å². The number of rotatable bonds is 42. The number of carbonyl (C=O) groups is 3. The second-order valence-electron chi connectivity index (χ2n) is 21.9. The fraction of sp³-hybridized carbons (Fsp3) is 0.945. The molecule has 0 saturated carbocycles. The maximum absolute atomic E-state index is 13.3. The molecule has 18 unspecified atom stereocenters. The van der Waals surface area contributed by atoms with E-state index >= 15 is 0 Å². The SMILES string of the molecule is CCCCCCCCCCCCCCCC(=O)NC(COC1OC(CO)C(OC2OC(CO)C(O)C(OC3(C(=O)O)CC(O)C(NC(C)=O)C(C(O)C(O)CO)O3)C2O)C(O)C1O)C(O)CCCCCCCCCCCCC. The number of hydrogen-bond acceptors (Lipinski definition) is 20. The first-order valence-electron chi connectivity index (χ1n) is 29.4. The van der Waals surface area contributed by atoms with Crippen molar-refractivity contribution in [2.24, 2.45) is 0 Å². The molecule has 0 aromatic carbocycles. The zero-order chi connectivity index (χ0) is 57.6. The highest BCUT2D eigenvalue weighted by Gasteiger charge is 2.60. The molecule has 3 aliphatic rings. The van der Waals surface area contributed by atoms with Gasteiger partial charge in [0.05, 0.1) is 50.7 Å². The summed E-state index contributed by atoms with van der Waals surface area (Å²) in [5.74, 6) is -6.10. The smallest absolute Gasteiger partial charge is 0.364 e. The molecular formula is C55H102N2O21. The third-order valence-corrected chi connectivity index (χ3v) is 15.3. The van der Waals surface area contributed by atoms with E-state index in [-0.39, 0.29) is 18.9 Å². The number of hydrogen-bond donors (Lipinski definition) is 14. The number of aliphatic hydroxyl groups is 11. The van der Waals surface area contributed by atoms with Crippen molar-refractivity contribution in [2.45, 2.75) is 304 Å². The summed E-state index contributed by atoms with van der Waals surface area (Å²) in [6.07, 6.45) is -1.38. The molecule has 23 nitrogen and oxygen atoms in total. The van der Waals surface area contributed by atoms with Crippen molar-refractivity contribution in [1.29, 1.82) is 0 Å². The van der Waals surface area contributed by atoms with Gasteiger partial charge in [-0.2, -0.15) is 0 Å². The van der Waals surface area contributed by atoms with Crippen LogP contribution < -0.4 is 10.6 Å². The minimum Gasteiger partial charge on any atom is -0.477 e. The topological polar surface area (TPSA) is 373 Å². The third kappa shape index (κ3) is 23.2. The van der Waals surface area contributed by atoms with E-state index in [1.165, 1.54) is 89.9 Å². The van der Waals surface area contributed by atoms with E-state index < -0.39 is 148 Å². The van der Waals surface area contributed by atoms with E-state index in [0.717, 1.165) is 58.3 Å². The average molecular weight is 1130 g/mol. The molecule has 78 heavy (non-hydrogen) atoms. The van der Waals surface area contributed by atoms with Crippen LogP contribution in [0.4, 0.5) is 0 Å². The van der Waals surface area contributed by atoms with Crippen molar-refractivity contribution in [3.63, 3.8) is 0 Å². The van der Waals surface area contributed by atoms with Crippen LogP contribution in [0.25, 0.3) is 0 Å². The van der Waals surface area contributed by atoms with Crippen LogP contribution in [0.2, 0.25) is 0 Å². The van der Waals surface area contributed by atoms with Gasteiger partial charge in [-0.3, -0.25) is 9.59 Å². The lowest BCUT2D eigenvalue weighted by atomic mass is 9.88. The maximum Gasteiger partial charge on any atom is 0.364 e. The summed E-state index contributed by atoms with van der Waals surface area (Å²) in [7, 11) is 0. The monoisotopic (exact) mass is 1130 g/mol. The van der Waals surface area contributed by atoms with Crippen LogP contribution in [-0.4, -0.2) is 215 Å². The van der Waals surface area contributed by atoms with Gasteiger partial charge in [0.2, 0.25) is 11.8 Å². The predicted octanol–water partition coefficient (Wildman–Crippen LogP) is 1.83. The van der Waals surface area contributed by atoms with Crippen LogP contribution in [0.1, 0.15) is 194 Å². The molecule has 23 heteroatoms. The third-order valence-electron chi connectivity index (χ3n) is 15.3. The maximum atomic E-state index is 13.3. The van der Waals surface area contributed by atoms with Gasteiger partial charge in [-0.1, -0.05) is 162 Å². The van der Waals surface area contributed by atoms with Gasteiger partial charge in [0.1, 0.15) is 67.1 Å². The van der Waals surface area contributed by atoms with Gasteiger partial charge in [0, 0.05) is 19.8 Å². The van der Waals surface area contributed by atoms with Gasteiger partial charge in [-0.25, -0.2) is 4.79 Å². The van der Waals surface area contributed by atoms with Crippen LogP contribution in [-0.2, 0) is 42.8 Å². The molecule has 3 aliphatic heterocycles. The Bertz CT molecular complexity index is 1620. The lowest BCUT2D eigenvalue weighted by Crippen LogP contribution is -2.70. The number of aliphatic carboxylic acids is 1. The second-order valence-corrected chi connectivity index (χ2v) is 21.9. The second kappa shape index (κ2) is 38.5. The molecule has 14 N–H and O–H groups in total. The number of nitrogens with one attached hydrogen (secondary N) is 2. The van der Waals surface area contributed by atoms with Crippen molar-refractivity contribution in [3.05, 3.63) is 0 Å². The van der Waals surface area contributed by atoms with Crippen LogP contribution in [0.15, 0.2) is 0 Å². The summed E-state index contributed by atoms with van der Waals surface area (Å²) >= 11 is 0. The first-order chi connectivity index (χ1) is 37.4. The van der Waals surface area contributed by atoms with Gasteiger partial charge in [0.15, 0.2) is 12.6 Å². The predicted molar refractivity (Wildman–Crippen MR) is 283 cm³/mol. The van der Waals surface area contributed by atoms with Crippen LogP contribution in [0, 0.1) is 0 Å². The van der Waals surface area contributed by atoms with E-state index in [9.17, 15) is 75.7 Å². The van der Waals surface area contributed by atoms with Crippen molar-refractivity contribution < 1.29 is 104 Å². The number of carboxylic acids is 1. The highest BCUT2D eigenvalue weighted by atomic mass is 16.8. The summed E-state index contributed by atoms with van der Waals surface area (Å²) in [6, 6.07) is -2.52. The number of carbonyl (C=O) groups excluding carboxylic acids is 2. The van der Waals surface area contributed by atoms with Crippen LogP contribution >= 0.6 is 0 Å². The summed E-state index contributed by atoms with van der Waals surface area (Å²) in [5.41, 5.74) is 0. The van der Waals surface area contributed by atoms with E-state index in [4.69, 9.17) is 28.4 Å². The Morgan fingerprint density at radius 3 is 1.60 bits per heavy atom. The van der Waals surface area contributed by atoms with Gasteiger partial charge >= 0.3 is 5.97 Å². The first-order valence-corrected chi connectivity index (χ1v) is 29.4. The molecular weight excluding hydrogens is 1020 g/mol. The summed E-state index contributed by atoms with van der Waals surface area (Å²) < 4.78 is 34.7. The lowest BCUT2D eigenvalue weighted by Gasteiger charge is -2.50. The average Bonchev–Trinajstić information content (AvgIpc) is 3.51. The standard InChI is InChI=1S/C55H102N2O21/c1-4-6-8-10-12-14-16-17-19-21-23-25-27-29-42(65)57-36(37(62)28-26-24-22-20-18-15-13-11-9-7-5-2)34-73-52-47(69)46(68)49(41(33-60)75-52)76-53-48(70)51(45(67)40(32-59)74-53)78-55(54(71)72)30-38(63)43(56-35(3)61)50(77-55)44(66)39(64)31-58/h36-41,43-53,58-60,62-64,66-70H,4-34H2,1-3H3,(H,56,61)(H,57,65)(H,71,72). The molecule has 0 aliphatic carbocycles. The summed E-state index contributed by atoms with van der Waals surface area (Å²) in [4.78, 5) is 38.3.